The smallest absolute Gasteiger partial charge is 0.217 e. The molecular weight excluding hydrogens is 252 g/mol. The van der Waals surface area contributed by atoms with Crippen LogP contribution < -0.4 is 4.72 Å². The van der Waals surface area contributed by atoms with E-state index in [2.05, 4.69) is 9.88 Å². The molecule has 0 saturated heterocycles. The molecule has 0 aliphatic rings. The minimum absolute atomic E-state index is 0.155. The Morgan fingerprint density at radius 3 is 2.61 bits per heavy atom. The van der Waals surface area contributed by atoms with Crippen molar-refractivity contribution in [2.45, 2.75) is 26.5 Å². The lowest BCUT2D eigenvalue weighted by atomic mass is 10.2. The Labute approximate surface area is 107 Å². The first-order chi connectivity index (χ1) is 8.62. The summed E-state index contributed by atoms with van der Waals surface area (Å²) < 4.78 is 30.5. The van der Waals surface area contributed by atoms with Crippen LogP contribution in [0.1, 0.15) is 26.5 Å². The molecule has 0 aliphatic heterocycles. The molecule has 1 aromatic heterocycles. The number of hydrogen-bond acceptors (Lipinski definition) is 4. The fraction of sp³-hybridized carbons (Fsp3) is 0.417. The van der Waals surface area contributed by atoms with E-state index in [1.54, 1.807) is 19.1 Å². The van der Waals surface area contributed by atoms with Crippen molar-refractivity contribution in [2.75, 3.05) is 6.54 Å². The topological polar surface area (TPSA) is 72.2 Å². The fourth-order valence-corrected chi connectivity index (χ4v) is 2.60. The van der Waals surface area contributed by atoms with Gasteiger partial charge in [-0.15, -0.1) is 0 Å². The number of hydrogen-bond donors (Lipinski definition) is 1. The molecule has 2 aromatic rings. The molecule has 0 saturated carbocycles. The van der Waals surface area contributed by atoms with Crippen LogP contribution in [-0.4, -0.2) is 20.1 Å². The summed E-state index contributed by atoms with van der Waals surface area (Å²) in [5, 5.41) is 4.51. The lowest BCUT2D eigenvalue weighted by Gasteiger charge is -2.01. The second kappa shape index (κ2) is 6.51. The predicted molar refractivity (Wildman–Crippen MR) is 71.7 cm³/mol. The van der Waals surface area contributed by atoms with Gasteiger partial charge < -0.3 is 4.52 Å². The van der Waals surface area contributed by atoms with E-state index in [1.165, 1.54) is 0 Å². The lowest BCUT2D eigenvalue weighted by molar-refractivity contribution is 0.448. The average molecular weight is 270 g/mol. The van der Waals surface area contributed by atoms with Crippen molar-refractivity contribution in [1.82, 2.24) is 9.88 Å². The third-order valence-corrected chi connectivity index (χ3v) is 3.53. The van der Waals surface area contributed by atoms with Crippen LogP contribution in [0, 0.1) is 0 Å². The highest BCUT2D eigenvalue weighted by atomic mass is 32.2. The van der Waals surface area contributed by atoms with Gasteiger partial charge in [-0.1, -0.05) is 38.1 Å². The van der Waals surface area contributed by atoms with Crippen molar-refractivity contribution in [3.05, 3.63) is 30.0 Å². The zero-order valence-corrected chi connectivity index (χ0v) is 11.6. The van der Waals surface area contributed by atoms with Crippen molar-refractivity contribution < 1.29 is 12.9 Å². The van der Waals surface area contributed by atoms with Crippen LogP contribution in [0.15, 0.2) is 28.8 Å². The van der Waals surface area contributed by atoms with Crippen molar-refractivity contribution in [3.8, 4) is 0 Å². The van der Waals surface area contributed by atoms with Crippen LogP contribution in [0.4, 0.5) is 0 Å². The standard InChI is InChI=1S/C10H12N2O3S.C2H6/c1-2-11-16(13,14)7-9-8-5-3-4-6-10(8)15-12-9;1-2/h3-6,11H,2,7H2,1H3;1-2H3. The van der Waals surface area contributed by atoms with Crippen LogP contribution in [0.25, 0.3) is 11.0 Å². The molecule has 0 atom stereocenters. The summed E-state index contributed by atoms with van der Waals surface area (Å²) in [7, 11) is -3.32. The lowest BCUT2D eigenvalue weighted by Crippen LogP contribution is -2.24. The molecule has 5 nitrogen and oxygen atoms in total. The Morgan fingerprint density at radius 2 is 1.94 bits per heavy atom. The van der Waals surface area contributed by atoms with E-state index < -0.39 is 10.0 Å². The Hall–Kier alpha value is -1.40. The summed E-state index contributed by atoms with van der Waals surface area (Å²) in [6.07, 6.45) is 0. The van der Waals surface area contributed by atoms with E-state index in [0.29, 0.717) is 17.8 Å². The Morgan fingerprint density at radius 1 is 1.28 bits per heavy atom. The molecule has 0 amide bonds. The van der Waals surface area contributed by atoms with E-state index >= 15 is 0 Å². The van der Waals surface area contributed by atoms with Gasteiger partial charge in [0.2, 0.25) is 10.0 Å². The first-order valence-electron chi connectivity index (χ1n) is 5.93. The molecule has 0 aliphatic carbocycles. The summed E-state index contributed by atoms with van der Waals surface area (Å²) in [6, 6.07) is 7.19. The van der Waals surface area contributed by atoms with Gasteiger partial charge in [0.1, 0.15) is 11.4 Å². The fourth-order valence-electron chi connectivity index (χ4n) is 1.49. The zero-order chi connectivity index (χ0) is 13.6. The van der Waals surface area contributed by atoms with Gasteiger partial charge in [0, 0.05) is 11.9 Å². The third-order valence-electron chi connectivity index (χ3n) is 2.14. The number of sulfonamides is 1. The third kappa shape index (κ3) is 3.54. The molecule has 0 fully saturated rings. The summed E-state index contributed by atoms with van der Waals surface area (Å²) in [4.78, 5) is 0. The van der Waals surface area contributed by atoms with Gasteiger partial charge in [0.05, 0.1) is 0 Å². The van der Waals surface area contributed by atoms with Crippen LogP contribution in [0.3, 0.4) is 0 Å². The number of para-hydroxylation sites is 1. The van der Waals surface area contributed by atoms with Gasteiger partial charge in [-0.3, -0.25) is 0 Å². The second-order valence-corrected chi connectivity index (χ2v) is 5.19. The van der Waals surface area contributed by atoms with Crippen LogP contribution in [0.2, 0.25) is 0 Å². The van der Waals surface area contributed by atoms with E-state index in [4.69, 9.17) is 4.52 Å². The molecule has 6 heteroatoms. The Bertz CT molecular complexity index is 590. The quantitative estimate of drug-likeness (QED) is 0.925. The molecule has 0 bridgehead atoms. The van der Waals surface area contributed by atoms with Crippen LogP contribution >= 0.6 is 0 Å². The molecular formula is C12H18N2O3S. The highest BCUT2D eigenvalue weighted by Crippen LogP contribution is 2.19. The second-order valence-electron chi connectivity index (χ2n) is 3.38. The number of fused-ring (bicyclic) bond motifs is 1. The number of benzene rings is 1. The van der Waals surface area contributed by atoms with Crippen LogP contribution in [0.5, 0.6) is 0 Å². The predicted octanol–water partition coefficient (Wildman–Crippen LogP) is 2.29. The van der Waals surface area contributed by atoms with Gasteiger partial charge in [-0.2, -0.15) is 0 Å². The maximum atomic E-state index is 11.5. The number of nitrogens with zero attached hydrogens (tertiary/aromatic N) is 1. The monoisotopic (exact) mass is 270 g/mol. The normalized spacial score (nSPS) is 11.1. The molecule has 0 spiro atoms. The van der Waals surface area contributed by atoms with Gasteiger partial charge in [0.15, 0.2) is 5.58 Å². The van der Waals surface area contributed by atoms with Crippen molar-refractivity contribution >= 4 is 21.0 Å². The Balaban J connectivity index is 0.000000771. The first-order valence-corrected chi connectivity index (χ1v) is 7.58. The van der Waals surface area contributed by atoms with Gasteiger partial charge in [-0.25, -0.2) is 13.1 Å². The largest absolute Gasteiger partial charge is 0.356 e. The highest BCUT2D eigenvalue weighted by molar-refractivity contribution is 7.88. The molecule has 1 heterocycles. The van der Waals surface area contributed by atoms with Crippen molar-refractivity contribution in [1.29, 1.82) is 0 Å². The molecule has 2 rings (SSSR count). The summed E-state index contributed by atoms with van der Waals surface area (Å²) in [6.45, 7) is 6.11. The molecule has 18 heavy (non-hydrogen) atoms. The number of nitrogens with one attached hydrogen (secondary N) is 1. The van der Waals surface area contributed by atoms with E-state index in [0.717, 1.165) is 5.39 Å². The molecule has 100 valence electrons. The molecule has 1 N–H and O–H groups in total. The first kappa shape index (κ1) is 14.7. The Kier molecular flexibility index (Phi) is 5.30. The summed E-state index contributed by atoms with van der Waals surface area (Å²) in [5.41, 5.74) is 1.04. The van der Waals surface area contributed by atoms with E-state index in [9.17, 15) is 8.42 Å². The van der Waals surface area contributed by atoms with Gasteiger partial charge in [-0.05, 0) is 12.1 Å². The maximum Gasteiger partial charge on any atom is 0.217 e. The number of rotatable bonds is 4. The molecule has 0 unspecified atom stereocenters. The SMILES string of the molecule is CC.CCNS(=O)(=O)Cc1noc2ccccc12. The van der Waals surface area contributed by atoms with Crippen molar-refractivity contribution in [2.24, 2.45) is 0 Å². The average Bonchev–Trinajstić information content (AvgIpc) is 2.75. The van der Waals surface area contributed by atoms with Gasteiger partial charge >= 0.3 is 0 Å². The summed E-state index contributed by atoms with van der Waals surface area (Å²) >= 11 is 0. The van der Waals surface area contributed by atoms with Crippen LogP contribution in [-0.2, 0) is 15.8 Å². The minimum Gasteiger partial charge on any atom is -0.356 e. The zero-order valence-electron chi connectivity index (χ0n) is 10.8. The maximum absolute atomic E-state index is 11.5. The van der Waals surface area contributed by atoms with Crippen molar-refractivity contribution in [3.63, 3.8) is 0 Å². The van der Waals surface area contributed by atoms with E-state index in [1.807, 2.05) is 26.0 Å². The molecule has 1 aromatic carbocycles. The van der Waals surface area contributed by atoms with Gasteiger partial charge in [0.25, 0.3) is 0 Å². The molecule has 0 radical (unpaired) electrons. The van der Waals surface area contributed by atoms with E-state index in [-0.39, 0.29) is 5.75 Å². The highest BCUT2D eigenvalue weighted by Gasteiger charge is 2.15. The summed E-state index contributed by atoms with van der Waals surface area (Å²) in [5.74, 6) is -0.155. The number of aromatic nitrogens is 1. The minimum atomic E-state index is -3.32.